The zero-order chi connectivity index (χ0) is 15.7. The number of nitrogens with zero attached hydrogens (tertiary/aromatic N) is 1. The van der Waals surface area contributed by atoms with Crippen LogP contribution in [0.15, 0.2) is 48.5 Å². The lowest BCUT2D eigenvalue weighted by Crippen LogP contribution is -2.42. The summed E-state index contributed by atoms with van der Waals surface area (Å²) < 4.78 is 38.1. The third kappa shape index (κ3) is 2.81. The number of fused-ring (bicyclic) bond motifs is 1. The van der Waals surface area contributed by atoms with E-state index >= 15 is 0 Å². The Balaban J connectivity index is 1.97. The quantitative estimate of drug-likeness (QED) is 0.902. The van der Waals surface area contributed by atoms with Crippen LogP contribution in [0.4, 0.5) is 24.5 Å². The van der Waals surface area contributed by atoms with E-state index in [-0.39, 0.29) is 6.04 Å². The molecule has 0 saturated heterocycles. The zero-order valence-electron chi connectivity index (χ0n) is 12.2. The molecule has 0 bridgehead atoms. The third-order valence-corrected chi connectivity index (χ3v) is 4.07. The molecule has 0 amide bonds. The molecule has 22 heavy (non-hydrogen) atoms. The highest BCUT2D eigenvalue weighted by Crippen LogP contribution is 2.35. The van der Waals surface area contributed by atoms with Crippen molar-refractivity contribution in [2.75, 3.05) is 18.5 Å². The molecule has 0 spiro atoms. The van der Waals surface area contributed by atoms with E-state index in [0.29, 0.717) is 0 Å². The third-order valence-electron chi connectivity index (χ3n) is 4.07. The van der Waals surface area contributed by atoms with E-state index in [9.17, 15) is 13.2 Å². The molecule has 5 heteroatoms. The Hall–Kier alpha value is -2.01. The summed E-state index contributed by atoms with van der Waals surface area (Å²) in [6, 6.07) is 13.7. The van der Waals surface area contributed by atoms with Crippen molar-refractivity contribution in [2.45, 2.75) is 18.6 Å². The van der Waals surface area contributed by atoms with Gasteiger partial charge < -0.3 is 10.2 Å². The molecule has 2 nitrogen and oxygen atoms in total. The number of hydrogen-bond donors (Lipinski definition) is 1. The number of anilines is 2. The van der Waals surface area contributed by atoms with Crippen molar-refractivity contribution >= 4 is 11.4 Å². The fraction of sp³-hybridized carbons (Fsp3) is 0.294. The number of rotatable bonds is 2. The Morgan fingerprint density at radius 2 is 1.73 bits per heavy atom. The van der Waals surface area contributed by atoms with Gasteiger partial charge in [0.2, 0.25) is 0 Å². The number of likely N-dealkylation sites (N-methyl/N-ethyl adjacent to an activating group) is 1. The maximum absolute atomic E-state index is 12.7. The molecule has 0 saturated carbocycles. The highest BCUT2D eigenvalue weighted by molar-refractivity contribution is 5.68. The van der Waals surface area contributed by atoms with Gasteiger partial charge in [0.1, 0.15) is 0 Å². The second kappa shape index (κ2) is 5.65. The molecule has 2 aromatic carbocycles. The molecule has 1 atom stereocenters. The molecule has 0 aromatic heterocycles. The van der Waals surface area contributed by atoms with Crippen LogP contribution in [0.1, 0.15) is 11.1 Å². The van der Waals surface area contributed by atoms with Gasteiger partial charge in [-0.05, 0) is 49.4 Å². The van der Waals surface area contributed by atoms with Gasteiger partial charge in [0.25, 0.3) is 0 Å². The van der Waals surface area contributed by atoms with Crippen LogP contribution in [0.5, 0.6) is 0 Å². The first-order valence-corrected chi connectivity index (χ1v) is 7.19. The van der Waals surface area contributed by atoms with Crippen LogP contribution >= 0.6 is 0 Å². The molecule has 1 N–H and O–H groups in total. The van der Waals surface area contributed by atoms with E-state index in [1.807, 2.05) is 25.2 Å². The predicted octanol–water partition coefficient (Wildman–Crippen LogP) is 3.99. The van der Waals surface area contributed by atoms with Crippen molar-refractivity contribution in [3.05, 3.63) is 59.7 Å². The van der Waals surface area contributed by atoms with E-state index in [0.717, 1.165) is 36.5 Å². The Morgan fingerprint density at radius 1 is 1.05 bits per heavy atom. The summed E-state index contributed by atoms with van der Waals surface area (Å²) >= 11 is 0. The minimum Gasteiger partial charge on any atom is -0.340 e. The van der Waals surface area contributed by atoms with Crippen LogP contribution in [0.3, 0.4) is 0 Å². The van der Waals surface area contributed by atoms with Gasteiger partial charge in [-0.15, -0.1) is 0 Å². The fourth-order valence-corrected chi connectivity index (χ4v) is 2.86. The Morgan fingerprint density at radius 3 is 2.36 bits per heavy atom. The number of nitrogens with one attached hydrogen (secondary N) is 1. The van der Waals surface area contributed by atoms with E-state index in [1.165, 1.54) is 17.7 Å². The van der Waals surface area contributed by atoms with Crippen LogP contribution in [0, 0.1) is 0 Å². The van der Waals surface area contributed by atoms with Crippen LogP contribution in [0.2, 0.25) is 0 Å². The molecule has 1 unspecified atom stereocenters. The maximum atomic E-state index is 12.7. The molecule has 0 radical (unpaired) electrons. The standard InChI is InChI=1S/C17H17F3N2/c1-21-14-10-12-4-2-3-5-16(12)22(11-14)15-8-6-13(7-9-15)17(18,19)20/h2-9,14,21H,10-11H2,1H3. The summed E-state index contributed by atoms with van der Waals surface area (Å²) in [5.41, 5.74) is 2.42. The lowest BCUT2D eigenvalue weighted by Gasteiger charge is -2.36. The first kappa shape index (κ1) is 14.9. The second-order valence-corrected chi connectivity index (χ2v) is 5.47. The van der Waals surface area contributed by atoms with Crippen molar-refractivity contribution in [1.29, 1.82) is 0 Å². The highest BCUT2D eigenvalue weighted by Gasteiger charge is 2.31. The number of halogens is 3. The van der Waals surface area contributed by atoms with Gasteiger partial charge in [0.05, 0.1) is 5.56 Å². The van der Waals surface area contributed by atoms with Gasteiger partial charge in [0.15, 0.2) is 0 Å². The average molecular weight is 306 g/mol. The normalized spacial score (nSPS) is 18.2. The molecule has 116 valence electrons. The van der Waals surface area contributed by atoms with E-state index < -0.39 is 11.7 Å². The van der Waals surface area contributed by atoms with Gasteiger partial charge in [-0.2, -0.15) is 13.2 Å². The Kier molecular flexibility index (Phi) is 3.83. The van der Waals surface area contributed by atoms with Crippen LogP contribution in [-0.2, 0) is 12.6 Å². The first-order valence-electron chi connectivity index (χ1n) is 7.19. The molecule has 1 aliphatic rings. The SMILES string of the molecule is CNC1Cc2ccccc2N(c2ccc(C(F)(F)F)cc2)C1. The average Bonchev–Trinajstić information content (AvgIpc) is 2.53. The molecule has 3 rings (SSSR count). The summed E-state index contributed by atoms with van der Waals surface area (Å²) in [6.07, 6.45) is -3.38. The minimum absolute atomic E-state index is 0.275. The van der Waals surface area contributed by atoms with Gasteiger partial charge in [0, 0.05) is 24.0 Å². The lowest BCUT2D eigenvalue weighted by molar-refractivity contribution is -0.137. The summed E-state index contributed by atoms with van der Waals surface area (Å²) in [6.45, 7) is 0.735. The van der Waals surface area contributed by atoms with E-state index in [4.69, 9.17) is 0 Å². The number of para-hydroxylation sites is 1. The van der Waals surface area contributed by atoms with Crippen molar-refractivity contribution in [1.82, 2.24) is 5.32 Å². The van der Waals surface area contributed by atoms with Gasteiger partial charge in [-0.3, -0.25) is 0 Å². The maximum Gasteiger partial charge on any atom is 0.416 e. The largest absolute Gasteiger partial charge is 0.416 e. The van der Waals surface area contributed by atoms with E-state index in [1.54, 1.807) is 0 Å². The summed E-state index contributed by atoms with van der Waals surface area (Å²) in [4.78, 5) is 2.07. The molecule has 1 heterocycles. The molecule has 2 aromatic rings. The Labute approximate surface area is 127 Å². The second-order valence-electron chi connectivity index (χ2n) is 5.47. The molecular formula is C17H17F3N2. The highest BCUT2D eigenvalue weighted by atomic mass is 19.4. The van der Waals surface area contributed by atoms with Crippen molar-refractivity contribution < 1.29 is 13.2 Å². The topological polar surface area (TPSA) is 15.3 Å². The van der Waals surface area contributed by atoms with Crippen molar-refractivity contribution in [3.8, 4) is 0 Å². The van der Waals surface area contributed by atoms with Gasteiger partial charge in [-0.1, -0.05) is 18.2 Å². The molecule has 0 aliphatic carbocycles. The zero-order valence-corrected chi connectivity index (χ0v) is 12.2. The van der Waals surface area contributed by atoms with Gasteiger partial charge >= 0.3 is 6.18 Å². The fourth-order valence-electron chi connectivity index (χ4n) is 2.86. The predicted molar refractivity (Wildman–Crippen MR) is 81.4 cm³/mol. The van der Waals surface area contributed by atoms with E-state index in [2.05, 4.69) is 16.3 Å². The van der Waals surface area contributed by atoms with Crippen molar-refractivity contribution in [2.24, 2.45) is 0 Å². The molecular weight excluding hydrogens is 289 g/mol. The number of alkyl halides is 3. The lowest BCUT2D eigenvalue weighted by atomic mass is 9.97. The smallest absolute Gasteiger partial charge is 0.340 e. The van der Waals surface area contributed by atoms with Gasteiger partial charge in [-0.25, -0.2) is 0 Å². The summed E-state index contributed by atoms with van der Waals surface area (Å²) in [7, 11) is 1.91. The first-order chi connectivity index (χ1) is 10.5. The van der Waals surface area contributed by atoms with Crippen LogP contribution in [-0.4, -0.2) is 19.6 Å². The summed E-state index contributed by atoms with van der Waals surface area (Å²) in [5.74, 6) is 0. The Bertz CT molecular complexity index is 650. The molecule has 1 aliphatic heterocycles. The number of benzene rings is 2. The van der Waals surface area contributed by atoms with Crippen molar-refractivity contribution in [3.63, 3.8) is 0 Å². The minimum atomic E-state index is -4.30. The number of hydrogen-bond acceptors (Lipinski definition) is 2. The van der Waals surface area contributed by atoms with Crippen LogP contribution in [0.25, 0.3) is 0 Å². The van der Waals surface area contributed by atoms with Crippen LogP contribution < -0.4 is 10.2 Å². The monoisotopic (exact) mass is 306 g/mol. The molecule has 0 fully saturated rings. The summed E-state index contributed by atoms with van der Waals surface area (Å²) in [5, 5.41) is 3.26.